The normalized spacial score (nSPS) is 14.7. The summed E-state index contributed by atoms with van der Waals surface area (Å²) in [7, 11) is -1.17. The van der Waals surface area contributed by atoms with Gasteiger partial charge in [0.25, 0.3) is 0 Å². The minimum absolute atomic E-state index is 0.164. The average molecular weight is 310 g/mol. The van der Waals surface area contributed by atoms with E-state index in [4.69, 9.17) is 5.11 Å². The fourth-order valence-electron chi connectivity index (χ4n) is 1.53. The number of aromatic nitrogens is 1. The van der Waals surface area contributed by atoms with Crippen LogP contribution >= 0.6 is 0 Å². The maximum Gasteiger partial charge on any atom is 0.433 e. The minimum atomic E-state index is -4.66. The van der Waals surface area contributed by atoms with Gasteiger partial charge in [-0.1, -0.05) is 0 Å². The zero-order valence-electron chi connectivity index (χ0n) is 10.7. The van der Waals surface area contributed by atoms with Crippen LogP contribution in [0.25, 0.3) is 0 Å². The molecule has 0 radical (unpaired) electrons. The molecule has 0 saturated heterocycles. The predicted molar refractivity (Wildman–Crippen MR) is 68.2 cm³/mol. The summed E-state index contributed by atoms with van der Waals surface area (Å²) in [5, 5.41) is 11.5. The maximum absolute atomic E-state index is 12.6. The molecular formula is C11H13F3N2O3S. The lowest BCUT2D eigenvalue weighted by Gasteiger charge is -2.16. The summed E-state index contributed by atoms with van der Waals surface area (Å²) in [5.74, 6) is -1.61. The van der Waals surface area contributed by atoms with Crippen LogP contribution in [-0.4, -0.2) is 38.3 Å². The summed E-state index contributed by atoms with van der Waals surface area (Å²) < 4.78 is 48.7. The Hall–Kier alpha value is -1.64. The number of nitrogens with zero attached hydrogens (tertiary/aromatic N) is 1. The summed E-state index contributed by atoms with van der Waals surface area (Å²) in [5.41, 5.74) is -1.55. The van der Waals surface area contributed by atoms with Crippen LogP contribution in [0, 0.1) is 0 Å². The molecule has 0 aliphatic carbocycles. The van der Waals surface area contributed by atoms with Crippen molar-refractivity contribution in [3.05, 3.63) is 23.4 Å². The molecular weight excluding hydrogens is 297 g/mol. The molecule has 1 aromatic heterocycles. The number of hydrogen-bond acceptors (Lipinski definition) is 4. The molecule has 0 aliphatic rings. The third kappa shape index (κ3) is 4.48. The summed E-state index contributed by atoms with van der Waals surface area (Å²) in [4.78, 5) is 14.3. The molecule has 1 rings (SSSR count). The second-order valence-corrected chi connectivity index (χ2v) is 5.66. The zero-order valence-corrected chi connectivity index (χ0v) is 11.5. The van der Waals surface area contributed by atoms with E-state index in [1.165, 1.54) is 6.26 Å². The van der Waals surface area contributed by atoms with Crippen molar-refractivity contribution in [3.63, 3.8) is 0 Å². The first-order chi connectivity index (χ1) is 9.11. The number of anilines is 1. The van der Waals surface area contributed by atoms with E-state index in [1.807, 2.05) is 0 Å². The van der Waals surface area contributed by atoms with Gasteiger partial charge in [0.2, 0.25) is 0 Å². The Balaban J connectivity index is 3.12. The number of carboxylic acids is 1. The second-order valence-electron chi connectivity index (χ2n) is 4.18. The number of pyridine rings is 1. The molecule has 0 saturated carbocycles. The first-order valence-corrected chi connectivity index (χ1v) is 7.22. The third-order valence-corrected chi connectivity index (χ3v) is 3.25. The largest absolute Gasteiger partial charge is 0.478 e. The Morgan fingerprint density at radius 2 is 2.10 bits per heavy atom. The molecule has 0 fully saturated rings. The molecule has 2 atom stereocenters. The molecule has 1 heterocycles. The molecule has 9 heteroatoms. The van der Waals surface area contributed by atoms with Gasteiger partial charge in [-0.3, -0.25) is 4.21 Å². The lowest BCUT2D eigenvalue weighted by atomic mass is 10.2. The molecule has 1 aromatic rings. The number of carboxylic acid groups (broad SMARTS) is 1. The molecule has 2 unspecified atom stereocenters. The van der Waals surface area contributed by atoms with Crippen molar-refractivity contribution >= 4 is 22.6 Å². The van der Waals surface area contributed by atoms with E-state index in [2.05, 4.69) is 10.3 Å². The van der Waals surface area contributed by atoms with E-state index in [0.29, 0.717) is 6.07 Å². The van der Waals surface area contributed by atoms with Crippen LogP contribution < -0.4 is 5.32 Å². The zero-order chi connectivity index (χ0) is 15.5. The highest BCUT2D eigenvalue weighted by Gasteiger charge is 2.33. The third-order valence-electron chi connectivity index (χ3n) is 2.28. The van der Waals surface area contributed by atoms with Crippen molar-refractivity contribution in [2.75, 3.05) is 17.3 Å². The molecule has 0 aliphatic heterocycles. The molecule has 0 bridgehead atoms. The molecule has 112 valence electrons. The van der Waals surface area contributed by atoms with E-state index in [9.17, 15) is 22.2 Å². The van der Waals surface area contributed by atoms with Gasteiger partial charge in [0.1, 0.15) is 17.1 Å². The summed E-state index contributed by atoms with van der Waals surface area (Å²) >= 11 is 0. The monoisotopic (exact) mass is 310 g/mol. The van der Waals surface area contributed by atoms with Crippen LogP contribution in [0.5, 0.6) is 0 Å². The summed E-state index contributed by atoms with van der Waals surface area (Å²) in [6.45, 7) is 1.58. The summed E-state index contributed by atoms with van der Waals surface area (Å²) in [6, 6.07) is 0.975. The number of rotatable bonds is 5. The standard InChI is InChI=1S/C11H13F3N2O3S/c1-6(5-20(2)19)15-9-7(10(17)18)3-4-8(16-9)11(12,13)14/h3-4,6H,5H2,1-2H3,(H,15,16)(H,17,18). The fourth-order valence-corrected chi connectivity index (χ4v) is 2.31. The highest BCUT2D eigenvalue weighted by Crippen LogP contribution is 2.29. The number of carbonyl (C=O) groups is 1. The van der Waals surface area contributed by atoms with Crippen molar-refractivity contribution in [2.24, 2.45) is 0 Å². The van der Waals surface area contributed by atoms with Crippen LogP contribution in [0.4, 0.5) is 19.0 Å². The van der Waals surface area contributed by atoms with E-state index in [0.717, 1.165) is 6.07 Å². The highest BCUT2D eigenvalue weighted by molar-refractivity contribution is 7.84. The second kappa shape index (κ2) is 6.21. The van der Waals surface area contributed by atoms with Crippen molar-refractivity contribution in [1.82, 2.24) is 4.98 Å². The number of alkyl halides is 3. The van der Waals surface area contributed by atoms with Crippen LogP contribution in [-0.2, 0) is 17.0 Å². The number of aromatic carboxylic acids is 1. The lowest BCUT2D eigenvalue weighted by Crippen LogP contribution is -2.25. The van der Waals surface area contributed by atoms with Crippen LogP contribution in [0.15, 0.2) is 12.1 Å². The van der Waals surface area contributed by atoms with E-state index in [-0.39, 0.29) is 17.1 Å². The fraction of sp³-hybridized carbons (Fsp3) is 0.455. The van der Waals surface area contributed by atoms with Gasteiger partial charge in [0.15, 0.2) is 0 Å². The first-order valence-electron chi connectivity index (χ1n) is 5.49. The Labute approximate surface area is 115 Å². The van der Waals surface area contributed by atoms with Gasteiger partial charge >= 0.3 is 12.1 Å². The molecule has 20 heavy (non-hydrogen) atoms. The summed E-state index contributed by atoms with van der Waals surface area (Å²) in [6.07, 6.45) is -3.22. The predicted octanol–water partition coefficient (Wildman–Crippen LogP) is 1.98. The van der Waals surface area contributed by atoms with Crippen molar-refractivity contribution in [2.45, 2.75) is 19.1 Å². The van der Waals surface area contributed by atoms with Crippen molar-refractivity contribution in [1.29, 1.82) is 0 Å². The van der Waals surface area contributed by atoms with Gasteiger partial charge in [0, 0.05) is 28.9 Å². The first kappa shape index (κ1) is 16.4. The Morgan fingerprint density at radius 3 is 2.55 bits per heavy atom. The van der Waals surface area contributed by atoms with Crippen LogP contribution in [0.2, 0.25) is 0 Å². The van der Waals surface area contributed by atoms with E-state index in [1.54, 1.807) is 6.92 Å². The topological polar surface area (TPSA) is 79.3 Å². The lowest BCUT2D eigenvalue weighted by molar-refractivity contribution is -0.141. The number of nitrogens with one attached hydrogen (secondary N) is 1. The van der Waals surface area contributed by atoms with Crippen molar-refractivity contribution in [3.8, 4) is 0 Å². The average Bonchev–Trinajstić information content (AvgIpc) is 2.25. The van der Waals surface area contributed by atoms with E-state index >= 15 is 0 Å². The maximum atomic E-state index is 12.6. The highest BCUT2D eigenvalue weighted by atomic mass is 32.2. The van der Waals surface area contributed by atoms with Gasteiger partial charge in [-0.15, -0.1) is 0 Å². The van der Waals surface area contributed by atoms with Crippen LogP contribution in [0.1, 0.15) is 23.0 Å². The SMILES string of the molecule is CC(CS(C)=O)Nc1nc(C(F)(F)F)ccc1C(=O)O. The van der Waals surface area contributed by atoms with Gasteiger partial charge < -0.3 is 10.4 Å². The van der Waals surface area contributed by atoms with Gasteiger partial charge in [-0.25, -0.2) is 9.78 Å². The molecule has 0 amide bonds. The number of hydrogen-bond donors (Lipinski definition) is 2. The van der Waals surface area contributed by atoms with E-state index < -0.39 is 34.7 Å². The quantitative estimate of drug-likeness (QED) is 0.869. The minimum Gasteiger partial charge on any atom is -0.478 e. The van der Waals surface area contributed by atoms with Crippen LogP contribution in [0.3, 0.4) is 0 Å². The van der Waals surface area contributed by atoms with Gasteiger partial charge in [-0.2, -0.15) is 13.2 Å². The molecule has 0 spiro atoms. The van der Waals surface area contributed by atoms with Crippen molar-refractivity contribution < 1.29 is 27.3 Å². The van der Waals surface area contributed by atoms with Gasteiger partial charge in [-0.05, 0) is 19.1 Å². The molecule has 5 nitrogen and oxygen atoms in total. The molecule has 2 N–H and O–H groups in total. The Kier molecular flexibility index (Phi) is 5.09. The molecule has 0 aromatic carbocycles. The Bertz CT molecular complexity index is 534. The number of halogens is 3. The van der Waals surface area contributed by atoms with Gasteiger partial charge in [0.05, 0.1) is 0 Å². The smallest absolute Gasteiger partial charge is 0.433 e. The Morgan fingerprint density at radius 1 is 1.50 bits per heavy atom.